The number of likely N-dealkylation sites (tertiary alicyclic amines) is 1. The third-order valence-corrected chi connectivity index (χ3v) is 5.37. The van der Waals surface area contributed by atoms with E-state index in [9.17, 15) is 24.3 Å². The van der Waals surface area contributed by atoms with Gasteiger partial charge in [-0.05, 0) is 19.8 Å². The molecule has 0 aliphatic carbocycles. The summed E-state index contributed by atoms with van der Waals surface area (Å²) in [6.45, 7) is 5.16. The van der Waals surface area contributed by atoms with Gasteiger partial charge in [-0.25, -0.2) is 4.79 Å². The largest absolute Gasteiger partial charge is 0.480 e. The molecule has 0 bridgehead atoms. The Balaban J connectivity index is 2.71. The summed E-state index contributed by atoms with van der Waals surface area (Å²) in [5, 5.41) is 20.8. The van der Waals surface area contributed by atoms with E-state index in [0.29, 0.717) is 31.6 Å². The van der Waals surface area contributed by atoms with Gasteiger partial charge in [0.1, 0.15) is 6.04 Å². The molecular formula is C16H26N2O6S. The number of rotatable bonds is 8. The van der Waals surface area contributed by atoms with Gasteiger partial charge in [0.2, 0.25) is 11.8 Å². The maximum Gasteiger partial charge on any atom is 0.328 e. The average molecular weight is 374 g/mol. The fraction of sp³-hybridized carbons (Fsp3) is 0.750. The SMILES string of the molecule is CCC(=O)SCC(C)C(=O)N1CCC[C@H]1C(=O)N[C@H](C(=O)O)C(C)O. The van der Waals surface area contributed by atoms with Crippen LogP contribution in [0, 0.1) is 5.92 Å². The summed E-state index contributed by atoms with van der Waals surface area (Å²) < 4.78 is 0. The van der Waals surface area contributed by atoms with Gasteiger partial charge < -0.3 is 20.4 Å². The van der Waals surface area contributed by atoms with E-state index in [1.54, 1.807) is 13.8 Å². The van der Waals surface area contributed by atoms with Crippen LogP contribution >= 0.6 is 11.8 Å². The lowest BCUT2D eigenvalue weighted by atomic mass is 10.1. The van der Waals surface area contributed by atoms with E-state index in [2.05, 4.69) is 5.32 Å². The molecule has 1 heterocycles. The predicted octanol–water partition coefficient (Wildman–Crippen LogP) is 0.234. The van der Waals surface area contributed by atoms with E-state index in [-0.39, 0.29) is 11.0 Å². The first-order valence-electron chi connectivity index (χ1n) is 8.36. The van der Waals surface area contributed by atoms with Gasteiger partial charge in [-0.2, -0.15) is 0 Å². The number of nitrogens with one attached hydrogen (secondary N) is 1. The van der Waals surface area contributed by atoms with Crippen molar-refractivity contribution in [3.8, 4) is 0 Å². The molecule has 0 aromatic heterocycles. The zero-order chi connectivity index (χ0) is 19.1. The zero-order valence-corrected chi connectivity index (χ0v) is 15.5. The van der Waals surface area contributed by atoms with Gasteiger partial charge in [-0.15, -0.1) is 0 Å². The Bertz CT molecular complexity index is 525. The Hall–Kier alpha value is -1.61. The molecule has 2 amide bonds. The number of hydrogen-bond donors (Lipinski definition) is 3. The molecule has 0 saturated carbocycles. The molecule has 1 fully saturated rings. The summed E-state index contributed by atoms with van der Waals surface area (Å²) in [6.07, 6.45) is 0.236. The lowest BCUT2D eigenvalue weighted by Gasteiger charge is -2.28. The Morgan fingerprint density at radius 1 is 1.28 bits per heavy atom. The number of aliphatic carboxylic acids is 1. The van der Waals surface area contributed by atoms with Crippen LogP contribution in [0.3, 0.4) is 0 Å². The highest BCUT2D eigenvalue weighted by Crippen LogP contribution is 2.22. The van der Waals surface area contributed by atoms with Crippen LogP contribution in [0.1, 0.15) is 40.0 Å². The van der Waals surface area contributed by atoms with Crippen molar-refractivity contribution in [1.82, 2.24) is 10.2 Å². The van der Waals surface area contributed by atoms with Crippen molar-refractivity contribution in [3.63, 3.8) is 0 Å². The first kappa shape index (κ1) is 21.4. The zero-order valence-electron chi connectivity index (χ0n) is 14.7. The van der Waals surface area contributed by atoms with Crippen LogP contribution in [-0.4, -0.2) is 68.5 Å². The molecule has 25 heavy (non-hydrogen) atoms. The van der Waals surface area contributed by atoms with Gasteiger partial charge in [0.05, 0.1) is 6.10 Å². The highest BCUT2D eigenvalue weighted by atomic mass is 32.2. The maximum absolute atomic E-state index is 12.6. The topological polar surface area (TPSA) is 124 Å². The minimum absolute atomic E-state index is 0.0107. The van der Waals surface area contributed by atoms with Crippen molar-refractivity contribution in [2.75, 3.05) is 12.3 Å². The quantitative estimate of drug-likeness (QED) is 0.556. The van der Waals surface area contributed by atoms with Gasteiger partial charge in [0.25, 0.3) is 0 Å². The lowest BCUT2D eigenvalue weighted by molar-refractivity contribution is -0.146. The number of carboxylic acid groups (broad SMARTS) is 1. The third-order valence-electron chi connectivity index (χ3n) is 4.09. The number of aliphatic hydroxyl groups excluding tert-OH is 1. The predicted molar refractivity (Wildman–Crippen MR) is 92.9 cm³/mol. The van der Waals surface area contributed by atoms with E-state index >= 15 is 0 Å². The van der Waals surface area contributed by atoms with Crippen LogP contribution in [0.25, 0.3) is 0 Å². The van der Waals surface area contributed by atoms with Gasteiger partial charge in [-0.3, -0.25) is 14.4 Å². The van der Waals surface area contributed by atoms with Crippen LogP contribution in [0.15, 0.2) is 0 Å². The second-order valence-corrected chi connectivity index (χ2v) is 7.27. The molecular weight excluding hydrogens is 348 g/mol. The number of hydrogen-bond acceptors (Lipinski definition) is 6. The van der Waals surface area contributed by atoms with Crippen LogP contribution in [0.5, 0.6) is 0 Å². The fourth-order valence-electron chi connectivity index (χ4n) is 2.62. The van der Waals surface area contributed by atoms with Crippen LogP contribution < -0.4 is 5.32 Å². The smallest absolute Gasteiger partial charge is 0.328 e. The molecule has 3 N–H and O–H groups in total. The van der Waals surface area contributed by atoms with E-state index < -0.39 is 36.0 Å². The van der Waals surface area contributed by atoms with Crippen LogP contribution in [-0.2, 0) is 19.2 Å². The van der Waals surface area contributed by atoms with Crippen molar-refractivity contribution in [2.24, 2.45) is 5.92 Å². The number of nitrogens with zero attached hydrogens (tertiary/aromatic N) is 1. The number of aliphatic hydroxyl groups is 1. The number of carbonyl (C=O) groups is 4. The Labute approximate surface area is 151 Å². The molecule has 0 aromatic rings. The molecule has 4 atom stereocenters. The minimum Gasteiger partial charge on any atom is -0.480 e. The van der Waals surface area contributed by atoms with Gasteiger partial charge >= 0.3 is 5.97 Å². The number of carboxylic acids is 1. The second kappa shape index (κ2) is 9.76. The molecule has 2 unspecified atom stereocenters. The van der Waals surface area contributed by atoms with E-state index in [1.807, 2.05) is 0 Å². The molecule has 0 spiro atoms. The van der Waals surface area contributed by atoms with Crippen LogP contribution in [0.2, 0.25) is 0 Å². The molecule has 8 nitrogen and oxygen atoms in total. The van der Waals surface area contributed by atoms with Crippen molar-refractivity contribution < 1.29 is 29.4 Å². The van der Waals surface area contributed by atoms with Gasteiger partial charge in [0.15, 0.2) is 11.2 Å². The molecule has 142 valence electrons. The Kier molecular flexibility index (Phi) is 8.37. The maximum atomic E-state index is 12.6. The van der Waals surface area contributed by atoms with Crippen molar-refractivity contribution >= 4 is 34.7 Å². The van der Waals surface area contributed by atoms with Gasteiger partial charge in [0, 0.05) is 24.6 Å². The highest BCUT2D eigenvalue weighted by molar-refractivity contribution is 8.13. The van der Waals surface area contributed by atoms with Crippen molar-refractivity contribution in [2.45, 2.75) is 58.2 Å². The van der Waals surface area contributed by atoms with Crippen LogP contribution in [0.4, 0.5) is 0 Å². The Morgan fingerprint density at radius 2 is 1.92 bits per heavy atom. The minimum atomic E-state index is -1.42. The molecule has 9 heteroatoms. The first-order chi connectivity index (χ1) is 11.7. The lowest BCUT2D eigenvalue weighted by Crippen LogP contribution is -2.54. The highest BCUT2D eigenvalue weighted by Gasteiger charge is 2.38. The molecule has 0 aromatic carbocycles. The third kappa shape index (κ3) is 6.00. The standard InChI is InChI=1S/C16H26N2O6S/c1-4-12(20)25-8-9(2)15(22)18-7-5-6-11(18)14(21)17-13(10(3)19)16(23)24/h9-11,13,19H,4-8H2,1-3H3,(H,17,21)(H,23,24)/t9?,10?,11-,13-/m0/s1. The Morgan fingerprint density at radius 3 is 2.44 bits per heavy atom. The number of amides is 2. The number of thioether (sulfide) groups is 1. The average Bonchev–Trinajstić information content (AvgIpc) is 3.05. The summed E-state index contributed by atoms with van der Waals surface area (Å²) in [7, 11) is 0. The van der Waals surface area contributed by atoms with Crippen molar-refractivity contribution in [1.29, 1.82) is 0 Å². The molecule has 1 rings (SSSR count). The van der Waals surface area contributed by atoms with Gasteiger partial charge in [-0.1, -0.05) is 25.6 Å². The number of carbonyl (C=O) groups excluding carboxylic acids is 3. The monoisotopic (exact) mass is 374 g/mol. The van der Waals surface area contributed by atoms with E-state index in [1.165, 1.54) is 11.8 Å². The van der Waals surface area contributed by atoms with E-state index in [0.717, 1.165) is 11.8 Å². The summed E-state index contributed by atoms with van der Waals surface area (Å²) in [5.74, 6) is -2.20. The molecule has 1 aliphatic heterocycles. The molecule has 1 saturated heterocycles. The fourth-order valence-corrected chi connectivity index (χ4v) is 3.40. The molecule has 1 aliphatic rings. The molecule has 0 radical (unpaired) electrons. The van der Waals surface area contributed by atoms with Crippen molar-refractivity contribution in [3.05, 3.63) is 0 Å². The first-order valence-corrected chi connectivity index (χ1v) is 9.34. The second-order valence-electron chi connectivity index (χ2n) is 6.19. The summed E-state index contributed by atoms with van der Waals surface area (Å²) in [6, 6.07) is -2.16. The van der Waals surface area contributed by atoms with E-state index in [4.69, 9.17) is 5.11 Å². The summed E-state index contributed by atoms with van der Waals surface area (Å²) in [5.41, 5.74) is 0. The summed E-state index contributed by atoms with van der Waals surface area (Å²) >= 11 is 1.10. The summed E-state index contributed by atoms with van der Waals surface area (Å²) in [4.78, 5) is 48.9. The normalized spacial score (nSPS) is 20.6.